The molecule has 5 heteroatoms. The van der Waals surface area contributed by atoms with Crippen molar-refractivity contribution in [3.63, 3.8) is 0 Å². The molecule has 114 valence electrons. The molecule has 1 aromatic rings. The van der Waals surface area contributed by atoms with E-state index >= 15 is 0 Å². The van der Waals surface area contributed by atoms with Crippen LogP contribution in [-0.4, -0.2) is 30.2 Å². The summed E-state index contributed by atoms with van der Waals surface area (Å²) in [6.07, 6.45) is 5.17. The van der Waals surface area contributed by atoms with Crippen molar-refractivity contribution < 1.29 is 14.6 Å². The monoisotopic (exact) mass is 290 g/mol. The smallest absolute Gasteiger partial charge is 0.224 e. The van der Waals surface area contributed by atoms with Crippen LogP contribution in [0.15, 0.2) is 18.2 Å². The number of hydrogen-bond acceptors (Lipinski definition) is 4. The average Bonchev–Trinajstić information content (AvgIpc) is 2.80. The van der Waals surface area contributed by atoms with Gasteiger partial charge in [-0.15, -0.1) is 0 Å². The number of hydrogen-bond donors (Lipinski definition) is 3. The number of carbonyl (C=O) groups excluding carboxylic acids is 1. The van der Waals surface area contributed by atoms with Crippen molar-refractivity contribution in [2.75, 3.05) is 12.4 Å². The number of piperidine rings is 1. The van der Waals surface area contributed by atoms with Gasteiger partial charge >= 0.3 is 0 Å². The summed E-state index contributed by atoms with van der Waals surface area (Å²) in [5.41, 5.74) is 0.442. The van der Waals surface area contributed by atoms with Crippen molar-refractivity contribution in [3.8, 4) is 11.5 Å². The second-order valence-corrected chi connectivity index (χ2v) is 6.11. The highest BCUT2D eigenvalue weighted by Gasteiger charge is 2.34. The normalized spacial score (nSPS) is 27.4. The van der Waals surface area contributed by atoms with Crippen LogP contribution in [-0.2, 0) is 4.79 Å². The molecule has 0 aromatic heterocycles. The Hall–Kier alpha value is -1.75. The summed E-state index contributed by atoms with van der Waals surface area (Å²) in [7, 11) is 1.54. The lowest BCUT2D eigenvalue weighted by molar-refractivity contribution is -0.117. The van der Waals surface area contributed by atoms with Crippen LogP contribution >= 0.6 is 0 Å². The Morgan fingerprint density at radius 3 is 2.71 bits per heavy atom. The molecule has 21 heavy (non-hydrogen) atoms. The first-order valence-electron chi connectivity index (χ1n) is 7.57. The first kappa shape index (κ1) is 14.2. The number of benzene rings is 1. The number of amides is 1. The van der Waals surface area contributed by atoms with Gasteiger partial charge in [0, 0.05) is 24.6 Å². The van der Waals surface area contributed by atoms with E-state index in [2.05, 4.69) is 10.6 Å². The number of phenols is 1. The number of fused-ring (bicyclic) bond motifs is 2. The van der Waals surface area contributed by atoms with Crippen molar-refractivity contribution in [1.82, 2.24) is 5.32 Å². The number of ether oxygens (including phenoxy) is 1. The van der Waals surface area contributed by atoms with Crippen molar-refractivity contribution in [2.24, 2.45) is 5.92 Å². The van der Waals surface area contributed by atoms with Gasteiger partial charge in [0.1, 0.15) is 11.5 Å². The third-order valence-electron chi connectivity index (χ3n) is 4.52. The summed E-state index contributed by atoms with van der Waals surface area (Å²) < 4.78 is 5.03. The fourth-order valence-corrected chi connectivity index (χ4v) is 3.55. The molecule has 0 saturated carbocycles. The maximum Gasteiger partial charge on any atom is 0.224 e. The maximum absolute atomic E-state index is 12.1. The van der Waals surface area contributed by atoms with Crippen LogP contribution in [0.25, 0.3) is 0 Å². The highest BCUT2D eigenvalue weighted by Crippen LogP contribution is 2.33. The zero-order valence-electron chi connectivity index (χ0n) is 12.3. The van der Waals surface area contributed by atoms with Gasteiger partial charge in [-0.3, -0.25) is 4.79 Å². The summed E-state index contributed by atoms with van der Waals surface area (Å²) in [6.45, 7) is 0. The predicted octanol–water partition coefficient (Wildman–Crippen LogP) is 2.26. The Morgan fingerprint density at radius 2 is 2.10 bits per heavy atom. The van der Waals surface area contributed by atoms with E-state index in [0.29, 0.717) is 35.9 Å². The first-order chi connectivity index (χ1) is 10.1. The lowest BCUT2D eigenvalue weighted by atomic mass is 9.89. The van der Waals surface area contributed by atoms with Crippen LogP contribution in [0.3, 0.4) is 0 Å². The molecule has 0 spiro atoms. The number of rotatable bonds is 4. The van der Waals surface area contributed by atoms with E-state index in [9.17, 15) is 9.90 Å². The number of carbonyl (C=O) groups is 1. The molecule has 0 aliphatic carbocycles. The van der Waals surface area contributed by atoms with Crippen LogP contribution < -0.4 is 15.4 Å². The van der Waals surface area contributed by atoms with Crippen molar-refractivity contribution in [2.45, 2.75) is 44.2 Å². The third-order valence-corrected chi connectivity index (χ3v) is 4.52. The molecule has 3 rings (SSSR count). The minimum absolute atomic E-state index is 0.0261. The molecule has 1 aromatic carbocycles. The van der Waals surface area contributed by atoms with Gasteiger partial charge in [-0.2, -0.15) is 0 Å². The Morgan fingerprint density at radius 1 is 1.38 bits per heavy atom. The molecular formula is C16H22N2O3. The fraction of sp³-hybridized carbons (Fsp3) is 0.562. The minimum atomic E-state index is -0.0261. The van der Waals surface area contributed by atoms with Crippen LogP contribution in [0.1, 0.15) is 32.1 Å². The highest BCUT2D eigenvalue weighted by molar-refractivity contribution is 5.92. The number of aromatic hydroxyl groups is 1. The van der Waals surface area contributed by atoms with Gasteiger partial charge in [0.2, 0.25) is 5.91 Å². The molecule has 5 nitrogen and oxygen atoms in total. The molecule has 0 radical (unpaired) electrons. The quantitative estimate of drug-likeness (QED) is 0.744. The molecule has 1 amide bonds. The molecule has 2 unspecified atom stereocenters. The topological polar surface area (TPSA) is 70.6 Å². The summed E-state index contributed by atoms with van der Waals surface area (Å²) >= 11 is 0. The number of phenolic OH excluding ortho intramolecular Hbond substituents is 1. The summed E-state index contributed by atoms with van der Waals surface area (Å²) in [5, 5.41) is 16.2. The Bertz CT molecular complexity index is 520. The Kier molecular flexibility index (Phi) is 4.01. The Labute approximate surface area is 124 Å². The van der Waals surface area contributed by atoms with E-state index < -0.39 is 0 Å². The molecular weight excluding hydrogens is 268 g/mol. The van der Waals surface area contributed by atoms with Crippen molar-refractivity contribution in [3.05, 3.63) is 18.2 Å². The summed E-state index contributed by atoms with van der Waals surface area (Å²) in [5.74, 6) is 1.03. The third kappa shape index (κ3) is 3.29. The number of methoxy groups -OCH3 is 1. The van der Waals surface area contributed by atoms with E-state index in [0.717, 1.165) is 12.8 Å². The molecule has 2 saturated heterocycles. The van der Waals surface area contributed by atoms with Gasteiger partial charge in [-0.25, -0.2) is 0 Å². The van der Waals surface area contributed by atoms with Gasteiger partial charge in [-0.1, -0.05) is 0 Å². The largest absolute Gasteiger partial charge is 0.506 e. The maximum atomic E-state index is 12.1. The van der Waals surface area contributed by atoms with E-state index in [4.69, 9.17) is 4.74 Å². The van der Waals surface area contributed by atoms with E-state index in [1.54, 1.807) is 19.2 Å². The van der Waals surface area contributed by atoms with Crippen molar-refractivity contribution >= 4 is 11.6 Å². The second-order valence-electron chi connectivity index (χ2n) is 6.11. The second kappa shape index (κ2) is 5.93. The summed E-state index contributed by atoms with van der Waals surface area (Å²) in [6, 6.07) is 6.07. The van der Waals surface area contributed by atoms with Crippen molar-refractivity contribution in [1.29, 1.82) is 0 Å². The molecule has 2 bridgehead atoms. The molecule has 2 aliphatic rings. The fourth-order valence-electron chi connectivity index (χ4n) is 3.55. The standard InChI is InChI=1S/C16H22N2O3/c1-21-13-4-5-14(15(19)9-13)18-16(20)8-10-6-11-2-3-12(7-10)17-11/h4-5,9-12,17,19H,2-3,6-8H2,1H3,(H,18,20). The van der Waals surface area contributed by atoms with Crippen LogP contribution in [0.2, 0.25) is 0 Å². The minimum Gasteiger partial charge on any atom is -0.506 e. The van der Waals surface area contributed by atoms with Gasteiger partial charge < -0.3 is 20.5 Å². The molecule has 2 heterocycles. The van der Waals surface area contributed by atoms with Gasteiger partial charge in [0.05, 0.1) is 12.8 Å². The number of anilines is 1. The van der Waals surface area contributed by atoms with Crippen LogP contribution in [0.4, 0.5) is 5.69 Å². The van der Waals surface area contributed by atoms with E-state index in [1.165, 1.54) is 18.9 Å². The van der Waals surface area contributed by atoms with Gasteiger partial charge in [0.25, 0.3) is 0 Å². The zero-order chi connectivity index (χ0) is 14.8. The highest BCUT2D eigenvalue weighted by atomic mass is 16.5. The SMILES string of the molecule is COc1ccc(NC(=O)CC2CC3CCC(C2)N3)c(O)c1. The predicted molar refractivity (Wildman–Crippen MR) is 80.6 cm³/mol. The zero-order valence-corrected chi connectivity index (χ0v) is 12.3. The molecule has 2 aliphatic heterocycles. The van der Waals surface area contributed by atoms with Crippen LogP contribution in [0.5, 0.6) is 11.5 Å². The van der Waals surface area contributed by atoms with Gasteiger partial charge in [0.15, 0.2) is 0 Å². The van der Waals surface area contributed by atoms with Crippen LogP contribution in [0, 0.1) is 5.92 Å². The molecule has 2 fully saturated rings. The average molecular weight is 290 g/mol. The lowest BCUT2D eigenvalue weighted by Gasteiger charge is -2.28. The Balaban J connectivity index is 1.56. The van der Waals surface area contributed by atoms with Gasteiger partial charge in [-0.05, 0) is 43.7 Å². The lowest BCUT2D eigenvalue weighted by Crippen LogP contribution is -2.39. The van der Waals surface area contributed by atoms with E-state index in [-0.39, 0.29) is 11.7 Å². The molecule has 3 N–H and O–H groups in total. The number of nitrogens with one attached hydrogen (secondary N) is 2. The summed E-state index contributed by atoms with van der Waals surface area (Å²) in [4.78, 5) is 12.1. The first-order valence-corrected chi connectivity index (χ1v) is 7.57. The molecule has 2 atom stereocenters. The van der Waals surface area contributed by atoms with E-state index in [1.807, 2.05) is 0 Å².